The molecule has 1 amide bonds. The molecule has 1 aromatic rings. The lowest BCUT2D eigenvalue weighted by atomic mass is 10.2. The SMILES string of the molecule is CCC(CNCc1ccc(Cl)o1)NC(=O)OC(C)(C)C. The maximum Gasteiger partial charge on any atom is 0.407 e. The molecule has 0 aromatic carbocycles. The Labute approximate surface area is 125 Å². The first-order valence-electron chi connectivity index (χ1n) is 6.74. The summed E-state index contributed by atoms with van der Waals surface area (Å²) in [6, 6.07) is 3.53. The van der Waals surface area contributed by atoms with Crippen LogP contribution in [0.25, 0.3) is 0 Å². The van der Waals surface area contributed by atoms with E-state index in [0.29, 0.717) is 18.3 Å². The first-order valence-corrected chi connectivity index (χ1v) is 7.12. The Hall–Kier alpha value is -1.20. The quantitative estimate of drug-likeness (QED) is 0.846. The summed E-state index contributed by atoms with van der Waals surface area (Å²) in [7, 11) is 0. The minimum atomic E-state index is -0.485. The summed E-state index contributed by atoms with van der Waals surface area (Å²) in [5, 5.41) is 6.42. The highest BCUT2D eigenvalue weighted by Gasteiger charge is 2.18. The Kier molecular flexibility index (Phi) is 6.36. The molecule has 1 atom stereocenters. The van der Waals surface area contributed by atoms with Gasteiger partial charge in [-0.05, 0) is 50.9 Å². The van der Waals surface area contributed by atoms with Gasteiger partial charge in [0.15, 0.2) is 5.22 Å². The molecule has 0 aliphatic heterocycles. The van der Waals surface area contributed by atoms with Crippen LogP contribution in [0.4, 0.5) is 4.79 Å². The van der Waals surface area contributed by atoms with Crippen molar-refractivity contribution >= 4 is 17.7 Å². The first kappa shape index (κ1) is 16.9. The maximum atomic E-state index is 11.7. The van der Waals surface area contributed by atoms with Crippen molar-refractivity contribution in [1.82, 2.24) is 10.6 Å². The second-order valence-corrected chi connectivity index (χ2v) is 5.96. The highest BCUT2D eigenvalue weighted by molar-refractivity contribution is 6.28. The van der Waals surface area contributed by atoms with Crippen LogP contribution in [0.2, 0.25) is 5.22 Å². The van der Waals surface area contributed by atoms with Crippen LogP contribution in [-0.2, 0) is 11.3 Å². The zero-order valence-electron chi connectivity index (χ0n) is 12.5. The summed E-state index contributed by atoms with van der Waals surface area (Å²) >= 11 is 5.69. The van der Waals surface area contributed by atoms with E-state index in [1.165, 1.54) is 0 Å². The van der Waals surface area contributed by atoms with Crippen LogP contribution in [0.3, 0.4) is 0 Å². The smallest absolute Gasteiger partial charge is 0.407 e. The first-order chi connectivity index (χ1) is 9.30. The van der Waals surface area contributed by atoms with Gasteiger partial charge < -0.3 is 19.8 Å². The minimum absolute atomic E-state index is 0.00952. The lowest BCUT2D eigenvalue weighted by Crippen LogP contribution is -2.43. The van der Waals surface area contributed by atoms with Crippen LogP contribution in [-0.4, -0.2) is 24.3 Å². The molecule has 0 fully saturated rings. The van der Waals surface area contributed by atoms with E-state index >= 15 is 0 Å². The number of rotatable bonds is 6. The molecule has 0 radical (unpaired) electrons. The van der Waals surface area contributed by atoms with Gasteiger partial charge in [0, 0.05) is 12.6 Å². The second-order valence-electron chi connectivity index (χ2n) is 5.59. The molecular formula is C14H23ClN2O3. The largest absolute Gasteiger partial charge is 0.448 e. The van der Waals surface area contributed by atoms with Gasteiger partial charge in [-0.25, -0.2) is 4.79 Å². The Morgan fingerprint density at radius 2 is 2.15 bits per heavy atom. The molecule has 114 valence electrons. The zero-order valence-corrected chi connectivity index (χ0v) is 13.2. The summed E-state index contributed by atoms with van der Waals surface area (Å²) in [6.45, 7) is 8.73. The lowest BCUT2D eigenvalue weighted by Gasteiger charge is -2.23. The summed E-state index contributed by atoms with van der Waals surface area (Å²) in [4.78, 5) is 11.7. The van der Waals surface area contributed by atoms with E-state index in [9.17, 15) is 4.79 Å². The summed E-state index contributed by atoms with van der Waals surface area (Å²) in [5.74, 6) is 0.766. The van der Waals surface area contributed by atoms with E-state index in [4.69, 9.17) is 20.8 Å². The van der Waals surface area contributed by atoms with Gasteiger partial charge in [-0.3, -0.25) is 0 Å². The number of amides is 1. The predicted octanol–water partition coefficient (Wildman–Crippen LogP) is 3.33. The van der Waals surface area contributed by atoms with Crippen molar-refractivity contribution in [1.29, 1.82) is 0 Å². The fraction of sp³-hybridized carbons (Fsp3) is 0.643. The van der Waals surface area contributed by atoms with Crippen LogP contribution in [0.5, 0.6) is 0 Å². The molecule has 1 unspecified atom stereocenters. The third-order valence-electron chi connectivity index (χ3n) is 2.53. The Morgan fingerprint density at radius 1 is 1.45 bits per heavy atom. The van der Waals surface area contributed by atoms with Gasteiger partial charge in [0.1, 0.15) is 11.4 Å². The molecule has 6 heteroatoms. The number of hydrogen-bond donors (Lipinski definition) is 2. The molecule has 2 N–H and O–H groups in total. The van der Waals surface area contributed by atoms with Crippen molar-refractivity contribution in [2.45, 2.75) is 52.3 Å². The van der Waals surface area contributed by atoms with Gasteiger partial charge in [0.2, 0.25) is 0 Å². The van der Waals surface area contributed by atoms with E-state index in [1.54, 1.807) is 6.07 Å². The topological polar surface area (TPSA) is 63.5 Å². The molecule has 20 heavy (non-hydrogen) atoms. The van der Waals surface area contributed by atoms with Crippen LogP contribution < -0.4 is 10.6 Å². The number of hydrogen-bond acceptors (Lipinski definition) is 4. The minimum Gasteiger partial charge on any atom is -0.448 e. The Bertz CT molecular complexity index is 426. The number of alkyl carbamates (subject to hydrolysis) is 1. The average Bonchev–Trinajstić information content (AvgIpc) is 2.71. The fourth-order valence-corrected chi connectivity index (χ4v) is 1.75. The van der Waals surface area contributed by atoms with E-state index in [1.807, 2.05) is 33.8 Å². The molecule has 1 aromatic heterocycles. The Morgan fingerprint density at radius 3 is 2.65 bits per heavy atom. The lowest BCUT2D eigenvalue weighted by molar-refractivity contribution is 0.0502. The van der Waals surface area contributed by atoms with E-state index < -0.39 is 11.7 Å². The highest BCUT2D eigenvalue weighted by atomic mass is 35.5. The molecule has 1 rings (SSSR count). The second kappa shape index (κ2) is 7.55. The number of carbonyl (C=O) groups excluding carboxylic acids is 1. The average molecular weight is 303 g/mol. The normalized spacial score (nSPS) is 13.1. The third kappa shape index (κ3) is 6.82. The maximum absolute atomic E-state index is 11.7. The molecule has 1 heterocycles. The fourth-order valence-electron chi connectivity index (χ4n) is 1.59. The summed E-state index contributed by atoms with van der Waals surface area (Å²) in [5.41, 5.74) is -0.485. The molecule has 5 nitrogen and oxygen atoms in total. The van der Waals surface area contributed by atoms with Crippen LogP contribution in [0.1, 0.15) is 39.9 Å². The number of ether oxygens (including phenoxy) is 1. The standard InChI is InChI=1S/C14H23ClN2O3/c1-5-10(17-13(18)20-14(2,3)4)8-16-9-11-6-7-12(15)19-11/h6-7,10,16H,5,8-9H2,1-4H3,(H,17,18). The van der Waals surface area contributed by atoms with Crippen molar-refractivity contribution < 1.29 is 13.9 Å². The van der Waals surface area contributed by atoms with Gasteiger partial charge in [0.05, 0.1) is 6.54 Å². The van der Waals surface area contributed by atoms with Crippen molar-refractivity contribution in [2.24, 2.45) is 0 Å². The van der Waals surface area contributed by atoms with Gasteiger partial charge in [-0.2, -0.15) is 0 Å². The van der Waals surface area contributed by atoms with Gasteiger partial charge >= 0.3 is 6.09 Å². The number of halogens is 1. The monoisotopic (exact) mass is 302 g/mol. The highest BCUT2D eigenvalue weighted by Crippen LogP contribution is 2.12. The molecule has 0 saturated heterocycles. The van der Waals surface area contributed by atoms with Gasteiger partial charge in [-0.1, -0.05) is 6.92 Å². The molecule has 0 aliphatic carbocycles. The van der Waals surface area contributed by atoms with E-state index in [2.05, 4.69) is 10.6 Å². The third-order valence-corrected chi connectivity index (χ3v) is 2.74. The van der Waals surface area contributed by atoms with Crippen LogP contribution >= 0.6 is 11.6 Å². The zero-order chi connectivity index (χ0) is 15.2. The van der Waals surface area contributed by atoms with Crippen molar-refractivity contribution in [2.75, 3.05) is 6.54 Å². The van der Waals surface area contributed by atoms with Gasteiger partial charge in [0.25, 0.3) is 0 Å². The molecule has 0 bridgehead atoms. The predicted molar refractivity (Wildman–Crippen MR) is 78.9 cm³/mol. The van der Waals surface area contributed by atoms with Crippen molar-refractivity contribution in [3.05, 3.63) is 23.1 Å². The van der Waals surface area contributed by atoms with Crippen molar-refractivity contribution in [3.63, 3.8) is 0 Å². The molecule has 0 spiro atoms. The number of furan rings is 1. The van der Waals surface area contributed by atoms with Crippen molar-refractivity contribution in [3.8, 4) is 0 Å². The van der Waals surface area contributed by atoms with Crippen LogP contribution in [0.15, 0.2) is 16.5 Å². The molecular weight excluding hydrogens is 280 g/mol. The van der Waals surface area contributed by atoms with Gasteiger partial charge in [-0.15, -0.1) is 0 Å². The van der Waals surface area contributed by atoms with Crippen LogP contribution in [0, 0.1) is 0 Å². The summed E-state index contributed by atoms with van der Waals surface area (Å²) in [6.07, 6.45) is 0.415. The van der Waals surface area contributed by atoms with E-state index in [-0.39, 0.29) is 6.04 Å². The summed E-state index contributed by atoms with van der Waals surface area (Å²) < 4.78 is 10.5. The molecule has 0 saturated carbocycles. The number of carbonyl (C=O) groups is 1. The Balaban J connectivity index is 2.30. The van der Waals surface area contributed by atoms with E-state index in [0.717, 1.165) is 12.2 Å². The molecule has 0 aliphatic rings. The number of nitrogens with one attached hydrogen (secondary N) is 2.